The van der Waals surface area contributed by atoms with E-state index in [9.17, 15) is 10.1 Å². The molecule has 1 saturated heterocycles. The number of rotatable bonds is 3. The molecule has 1 fully saturated rings. The molecule has 2 rings (SSSR count). The number of nitrogens with one attached hydrogen (secondary N) is 2. The Hall–Kier alpha value is -1.62. The molecule has 0 aliphatic carbocycles. The summed E-state index contributed by atoms with van der Waals surface area (Å²) in [6.07, 6.45) is 1.87. The molecule has 0 atom stereocenters. The van der Waals surface area contributed by atoms with Gasteiger partial charge in [-0.1, -0.05) is 12.1 Å². The van der Waals surface area contributed by atoms with Crippen LogP contribution in [0.25, 0.3) is 0 Å². The van der Waals surface area contributed by atoms with Gasteiger partial charge in [-0.25, -0.2) is 0 Å². The molecule has 110 valence electrons. The number of benzene rings is 1. The van der Waals surface area contributed by atoms with Gasteiger partial charge in [-0.3, -0.25) is 10.1 Å². The highest BCUT2D eigenvalue weighted by molar-refractivity contribution is 5.61. The van der Waals surface area contributed by atoms with Crippen molar-refractivity contribution < 1.29 is 4.92 Å². The highest BCUT2D eigenvalue weighted by Gasteiger charge is 2.38. The molecule has 1 aromatic carbocycles. The summed E-state index contributed by atoms with van der Waals surface area (Å²) in [4.78, 5) is 10.7. The Kier molecular flexibility index (Phi) is 3.73. The highest BCUT2D eigenvalue weighted by atomic mass is 16.6. The topological polar surface area (TPSA) is 67.2 Å². The van der Waals surface area contributed by atoms with Gasteiger partial charge in [-0.05, 0) is 46.6 Å². The molecule has 2 N–H and O–H groups in total. The number of nitro benzene ring substituents is 1. The van der Waals surface area contributed by atoms with E-state index in [0.717, 1.165) is 12.8 Å². The second-order valence-corrected chi connectivity index (χ2v) is 6.92. The van der Waals surface area contributed by atoms with Crippen molar-refractivity contribution in [2.75, 3.05) is 5.32 Å². The average Bonchev–Trinajstić information content (AvgIpc) is 2.24. The van der Waals surface area contributed by atoms with Crippen LogP contribution in [0.15, 0.2) is 24.3 Å². The number of nitrogens with zero attached hydrogens (tertiary/aromatic N) is 1. The predicted octanol–water partition coefficient (Wildman–Crippen LogP) is 3.32. The van der Waals surface area contributed by atoms with Crippen LogP contribution in [0.2, 0.25) is 0 Å². The van der Waals surface area contributed by atoms with Crippen molar-refractivity contribution in [2.45, 2.75) is 57.7 Å². The maximum absolute atomic E-state index is 11.1. The monoisotopic (exact) mass is 277 g/mol. The third-order valence-electron chi connectivity index (χ3n) is 3.65. The third-order valence-corrected chi connectivity index (χ3v) is 3.65. The SMILES string of the molecule is CC1(C)CC(Nc2ccccc2[N+](=O)[O-])CC(C)(C)N1. The zero-order valence-electron chi connectivity index (χ0n) is 12.6. The largest absolute Gasteiger partial charge is 0.377 e. The lowest BCUT2D eigenvalue weighted by atomic mass is 9.79. The van der Waals surface area contributed by atoms with Gasteiger partial charge in [-0.15, -0.1) is 0 Å². The minimum absolute atomic E-state index is 0.0168. The van der Waals surface area contributed by atoms with Crippen LogP contribution >= 0.6 is 0 Å². The minimum atomic E-state index is -0.334. The quantitative estimate of drug-likeness (QED) is 0.657. The zero-order valence-corrected chi connectivity index (χ0v) is 12.6. The van der Waals surface area contributed by atoms with Crippen LogP contribution in [0.3, 0.4) is 0 Å². The van der Waals surface area contributed by atoms with Gasteiger partial charge < -0.3 is 10.6 Å². The summed E-state index contributed by atoms with van der Waals surface area (Å²) in [5.74, 6) is 0. The Bertz CT molecular complexity index is 496. The van der Waals surface area contributed by atoms with Crippen molar-refractivity contribution in [3.05, 3.63) is 34.4 Å². The Balaban J connectivity index is 2.20. The summed E-state index contributed by atoms with van der Waals surface area (Å²) in [7, 11) is 0. The van der Waals surface area contributed by atoms with Gasteiger partial charge in [0.25, 0.3) is 5.69 Å². The summed E-state index contributed by atoms with van der Waals surface area (Å²) in [5.41, 5.74) is 0.782. The van der Waals surface area contributed by atoms with Gasteiger partial charge in [0.15, 0.2) is 0 Å². The summed E-state index contributed by atoms with van der Waals surface area (Å²) < 4.78 is 0. The summed E-state index contributed by atoms with van der Waals surface area (Å²) in [6.45, 7) is 8.67. The van der Waals surface area contributed by atoms with Crippen LogP contribution in [-0.2, 0) is 0 Å². The molecular weight excluding hydrogens is 254 g/mol. The molecule has 5 nitrogen and oxygen atoms in total. The van der Waals surface area contributed by atoms with Gasteiger partial charge in [0.05, 0.1) is 4.92 Å². The van der Waals surface area contributed by atoms with E-state index in [4.69, 9.17) is 0 Å². The molecule has 0 amide bonds. The van der Waals surface area contributed by atoms with Crippen molar-refractivity contribution in [3.8, 4) is 0 Å². The lowest BCUT2D eigenvalue weighted by Crippen LogP contribution is -2.60. The Morgan fingerprint density at radius 1 is 1.20 bits per heavy atom. The second kappa shape index (κ2) is 5.05. The average molecular weight is 277 g/mol. The highest BCUT2D eigenvalue weighted by Crippen LogP contribution is 2.32. The molecule has 0 saturated carbocycles. The standard InChI is InChI=1S/C15H23N3O2/c1-14(2)9-11(10-15(3,4)17-14)16-12-7-5-6-8-13(12)18(19)20/h5-8,11,16-17H,9-10H2,1-4H3. The second-order valence-electron chi connectivity index (χ2n) is 6.92. The Morgan fingerprint density at radius 3 is 2.30 bits per heavy atom. The lowest BCUT2D eigenvalue weighted by Gasteiger charge is -2.46. The summed E-state index contributed by atoms with van der Waals surface area (Å²) >= 11 is 0. The van der Waals surface area contributed by atoms with E-state index in [2.05, 4.69) is 38.3 Å². The fourth-order valence-electron chi connectivity index (χ4n) is 3.40. The molecule has 0 spiro atoms. The van der Waals surface area contributed by atoms with E-state index in [-0.39, 0.29) is 27.7 Å². The van der Waals surface area contributed by atoms with Gasteiger partial charge in [-0.2, -0.15) is 0 Å². The molecule has 20 heavy (non-hydrogen) atoms. The van der Waals surface area contributed by atoms with E-state index in [1.165, 1.54) is 0 Å². The molecule has 1 aliphatic rings. The Morgan fingerprint density at radius 2 is 1.75 bits per heavy atom. The molecule has 0 aromatic heterocycles. The zero-order chi connectivity index (χ0) is 15.0. The van der Waals surface area contributed by atoms with E-state index in [1.54, 1.807) is 18.2 Å². The third kappa shape index (κ3) is 3.48. The maximum atomic E-state index is 11.1. The summed E-state index contributed by atoms with van der Waals surface area (Å²) in [6, 6.07) is 7.06. The molecule has 5 heteroatoms. The van der Waals surface area contributed by atoms with Gasteiger partial charge >= 0.3 is 0 Å². The number of piperidine rings is 1. The summed E-state index contributed by atoms with van der Waals surface area (Å²) in [5, 5.41) is 18.0. The first kappa shape index (κ1) is 14.8. The van der Waals surface area contributed by atoms with Crippen LogP contribution in [0.4, 0.5) is 11.4 Å². The fourth-order valence-corrected chi connectivity index (χ4v) is 3.40. The lowest BCUT2D eigenvalue weighted by molar-refractivity contribution is -0.384. The van der Waals surface area contributed by atoms with Crippen molar-refractivity contribution in [2.24, 2.45) is 0 Å². The first-order valence-electron chi connectivity index (χ1n) is 6.98. The number of para-hydroxylation sites is 2. The first-order valence-corrected chi connectivity index (χ1v) is 6.98. The maximum Gasteiger partial charge on any atom is 0.292 e. The van der Waals surface area contributed by atoms with Gasteiger partial charge in [0.2, 0.25) is 0 Å². The van der Waals surface area contributed by atoms with Gasteiger partial charge in [0, 0.05) is 23.2 Å². The van der Waals surface area contributed by atoms with Crippen LogP contribution < -0.4 is 10.6 Å². The van der Waals surface area contributed by atoms with Crippen molar-refractivity contribution in [1.82, 2.24) is 5.32 Å². The van der Waals surface area contributed by atoms with Crippen LogP contribution in [0.1, 0.15) is 40.5 Å². The molecule has 1 aromatic rings. The molecule has 0 radical (unpaired) electrons. The predicted molar refractivity (Wildman–Crippen MR) is 81.0 cm³/mol. The van der Waals surface area contributed by atoms with E-state index < -0.39 is 0 Å². The Labute approximate surface area is 119 Å². The molecular formula is C15H23N3O2. The van der Waals surface area contributed by atoms with Crippen LogP contribution in [0.5, 0.6) is 0 Å². The van der Waals surface area contributed by atoms with Gasteiger partial charge in [0.1, 0.15) is 5.69 Å². The van der Waals surface area contributed by atoms with E-state index in [1.807, 2.05) is 6.07 Å². The molecule has 1 aliphatic heterocycles. The van der Waals surface area contributed by atoms with Crippen LogP contribution in [0, 0.1) is 10.1 Å². The van der Waals surface area contributed by atoms with Crippen LogP contribution in [-0.4, -0.2) is 22.0 Å². The molecule has 1 heterocycles. The first-order chi connectivity index (χ1) is 9.19. The number of hydrogen-bond acceptors (Lipinski definition) is 4. The van der Waals surface area contributed by atoms with Crippen molar-refractivity contribution >= 4 is 11.4 Å². The van der Waals surface area contributed by atoms with E-state index in [0.29, 0.717) is 5.69 Å². The van der Waals surface area contributed by atoms with E-state index >= 15 is 0 Å². The van der Waals surface area contributed by atoms with Crippen molar-refractivity contribution in [3.63, 3.8) is 0 Å². The number of hydrogen-bond donors (Lipinski definition) is 2. The van der Waals surface area contributed by atoms with Crippen molar-refractivity contribution in [1.29, 1.82) is 0 Å². The molecule has 0 bridgehead atoms. The molecule has 0 unspecified atom stereocenters. The number of nitro groups is 1. The fraction of sp³-hybridized carbons (Fsp3) is 0.600. The smallest absolute Gasteiger partial charge is 0.292 e. The normalized spacial score (nSPS) is 21.4. The minimum Gasteiger partial charge on any atom is -0.377 e. The number of anilines is 1.